The van der Waals surface area contributed by atoms with E-state index < -0.39 is 17.3 Å². The SMILES string of the molecule is CC[C@@H]1CCc2sc(-c3nnc(S[C@H](C)C(=O)NC(=O)OC)n3C)cc2C1. The third-order valence-corrected chi connectivity index (χ3v) is 7.25. The number of rotatable bonds is 5. The van der Waals surface area contributed by atoms with E-state index in [1.807, 2.05) is 11.6 Å². The molecular weight excluding hydrogens is 384 g/mol. The van der Waals surface area contributed by atoms with Crippen molar-refractivity contribution in [1.82, 2.24) is 20.1 Å². The summed E-state index contributed by atoms with van der Waals surface area (Å²) in [5, 5.41) is 10.9. The number of thiophene rings is 1. The molecule has 0 radical (unpaired) electrons. The summed E-state index contributed by atoms with van der Waals surface area (Å²) >= 11 is 3.05. The van der Waals surface area contributed by atoms with Crippen molar-refractivity contribution in [3.63, 3.8) is 0 Å². The van der Waals surface area contributed by atoms with E-state index in [4.69, 9.17) is 0 Å². The zero-order valence-electron chi connectivity index (χ0n) is 15.9. The van der Waals surface area contributed by atoms with Crippen LogP contribution in [0.3, 0.4) is 0 Å². The maximum absolute atomic E-state index is 12.0. The second-order valence-electron chi connectivity index (χ2n) is 6.68. The molecule has 0 saturated carbocycles. The summed E-state index contributed by atoms with van der Waals surface area (Å²) in [6, 6.07) is 2.24. The van der Waals surface area contributed by atoms with Crippen molar-refractivity contribution in [3.05, 3.63) is 16.5 Å². The van der Waals surface area contributed by atoms with E-state index in [-0.39, 0.29) is 0 Å². The van der Waals surface area contributed by atoms with Crippen molar-refractivity contribution >= 4 is 35.1 Å². The van der Waals surface area contributed by atoms with Crippen LogP contribution in [0.4, 0.5) is 4.79 Å². The van der Waals surface area contributed by atoms with E-state index in [1.165, 1.54) is 42.2 Å². The number of carbonyl (C=O) groups is 2. The van der Waals surface area contributed by atoms with Gasteiger partial charge in [-0.3, -0.25) is 10.1 Å². The Morgan fingerprint density at radius 1 is 1.48 bits per heavy atom. The number of aryl methyl sites for hydroxylation is 1. The minimum absolute atomic E-state index is 0.423. The lowest BCUT2D eigenvalue weighted by Gasteiger charge is -2.19. The molecule has 9 heteroatoms. The Morgan fingerprint density at radius 2 is 2.26 bits per heavy atom. The highest BCUT2D eigenvalue weighted by atomic mass is 32.2. The first-order valence-corrected chi connectivity index (χ1v) is 10.7. The molecule has 2 amide bonds. The van der Waals surface area contributed by atoms with Gasteiger partial charge in [-0.15, -0.1) is 21.5 Å². The molecule has 7 nitrogen and oxygen atoms in total. The Bertz CT molecular complexity index is 846. The predicted molar refractivity (Wildman–Crippen MR) is 106 cm³/mol. The van der Waals surface area contributed by atoms with Gasteiger partial charge in [0.2, 0.25) is 5.91 Å². The van der Waals surface area contributed by atoms with Gasteiger partial charge >= 0.3 is 6.09 Å². The highest BCUT2D eigenvalue weighted by Gasteiger charge is 2.24. The van der Waals surface area contributed by atoms with Gasteiger partial charge in [0.1, 0.15) is 0 Å². The molecule has 2 heterocycles. The first-order chi connectivity index (χ1) is 12.9. The van der Waals surface area contributed by atoms with Crippen molar-refractivity contribution in [3.8, 4) is 10.7 Å². The molecule has 0 bridgehead atoms. The number of nitrogens with zero attached hydrogens (tertiary/aromatic N) is 3. The Kier molecular flexibility index (Phi) is 6.21. The fourth-order valence-corrected chi connectivity index (χ4v) is 5.20. The van der Waals surface area contributed by atoms with Gasteiger partial charge in [-0.05, 0) is 43.7 Å². The van der Waals surface area contributed by atoms with E-state index in [9.17, 15) is 9.59 Å². The van der Waals surface area contributed by atoms with Crippen molar-refractivity contribution in [1.29, 1.82) is 0 Å². The minimum Gasteiger partial charge on any atom is -0.453 e. The molecule has 1 N–H and O–H groups in total. The summed E-state index contributed by atoms with van der Waals surface area (Å²) < 4.78 is 6.35. The van der Waals surface area contributed by atoms with Gasteiger partial charge in [0.25, 0.3) is 0 Å². The molecule has 146 valence electrons. The van der Waals surface area contributed by atoms with E-state index in [1.54, 1.807) is 18.3 Å². The average molecular weight is 409 g/mol. The van der Waals surface area contributed by atoms with Gasteiger partial charge in [-0.2, -0.15) is 0 Å². The quantitative estimate of drug-likeness (QED) is 0.763. The molecule has 1 aliphatic rings. The highest BCUT2D eigenvalue weighted by molar-refractivity contribution is 8.00. The fraction of sp³-hybridized carbons (Fsp3) is 0.556. The largest absolute Gasteiger partial charge is 0.453 e. The summed E-state index contributed by atoms with van der Waals surface area (Å²) in [6.07, 6.45) is 4.01. The summed E-state index contributed by atoms with van der Waals surface area (Å²) in [5.74, 6) is 1.17. The Balaban J connectivity index is 1.73. The molecule has 0 spiro atoms. The predicted octanol–water partition coefficient (Wildman–Crippen LogP) is 3.42. The van der Waals surface area contributed by atoms with E-state index >= 15 is 0 Å². The second kappa shape index (κ2) is 8.43. The molecule has 2 atom stereocenters. The average Bonchev–Trinajstić information content (AvgIpc) is 3.24. The fourth-order valence-electron chi connectivity index (χ4n) is 3.15. The van der Waals surface area contributed by atoms with Crippen molar-refractivity contribution in [2.75, 3.05) is 7.11 Å². The van der Waals surface area contributed by atoms with Gasteiger partial charge in [-0.1, -0.05) is 25.1 Å². The monoisotopic (exact) mass is 408 g/mol. The lowest BCUT2D eigenvalue weighted by Crippen LogP contribution is -2.35. The van der Waals surface area contributed by atoms with Crippen molar-refractivity contribution in [2.24, 2.45) is 13.0 Å². The number of thioether (sulfide) groups is 1. The molecule has 0 fully saturated rings. The number of methoxy groups -OCH3 is 1. The highest BCUT2D eigenvalue weighted by Crippen LogP contribution is 2.38. The lowest BCUT2D eigenvalue weighted by atomic mass is 9.87. The molecule has 0 unspecified atom stereocenters. The maximum Gasteiger partial charge on any atom is 0.413 e. The lowest BCUT2D eigenvalue weighted by molar-refractivity contribution is -0.119. The molecule has 0 aromatic carbocycles. The number of amides is 2. The van der Waals surface area contributed by atoms with Gasteiger partial charge in [0.05, 0.1) is 17.2 Å². The van der Waals surface area contributed by atoms with Crippen LogP contribution in [0.15, 0.2) is 11.2 Å². The summed E-state index contributed by atoms with van der Waals surface area (Å²) in [7, 11) is 3.12. The molecular formula is C18H24N4O3S2. The molecule has 3 rings (SSSR count). The number of hydrogen-bond donors (Lipinski definition) is 1. The maximum atomic E-state index is 12.0. The van der Waals surface area contributed by atoms with Crippen LogP contribution in [0.5, 0.6) is 0 Å². The molecule has 0 saturated heterocycles. The van der Waals surface area contributed by atoms with Gasteiger partial charge in [0.15, 0.2) is 11.0 Å². The Hall–Kier alpha value is -1.87. The smallest absolute Gasteiger partial charge is 0.413 e. The van der Waals surface area contributed by atoms with Crippen molar-refractivity contribution < 1.29 is 14.3 Å². The van der Waals surface area contributed by atoms with E-state index in [0.29, 0.717) is 5.16 Å². The van der Waals surface area contributed by atoms with E-state index in [2.05, 4.69) is 33.2 Å². The standard InChI is InChI=1S/C18H24N4O3S2/c1-5-11-6-7-13-12(8-11)9-14(27-13)15-20-21-17(22(15)3)26-10(2)16(23)19-18(24)25-4/h9-11H,5-8H2,1-4H3,(H,19,23,24)/t10-,11-/m1/s1. The van der Waals surface area contributed by atoms with Crippen molar-refractivity contribution in [2.45, 2.75) is 49.9 Å². The van der Waals surface area contributed by atoms with Crippen LogP contribution < -0.4 is 5.32 Å². The summed E-state index contributed by atoms with van der Waals surface area (Å²) in [6.45, 7) is 3.97. The number of carbonyl (C=O) groups excluding carboxylic acids is 2. The van der Waals surface area contributed by atoms with E-state index in [0.717, 1.165) is 29.5 Å². The summed E-state index contributed by atoms with van der Waals surface area (Å²) in [4.78, 5) is 25.8. The minimum atomic E-state index is -0.763. The van der Waals surface area contributed by atoms with Gasteiger partial charge in [-0.25, -0.2) is 4.79 Å². The molecule has 2 aromatic rings. The van der Waals surface area contributed by atoms with Crippen LogP contribution >= 0.6 is 23.1 Å². The van der Waals surface area contributed by atoms with Gasteiger partial charge < -0.3 is 9.30 Å². The number of alkyl carbamates (subject to hydrolysis) is 1. The molecule has 0 aliphatic heterocycles. The molecule has 2 aromatic heterocycles. The zero-order valence-corrected chi connectivity index (χ0v) is 17.6. The van der Waals surface area contributed by atoms with Crippen LogP contribution in [0.1, 0.15) is 37.1 Å². The van der Waals surface area contributed by atoms with Crippen LogP contribution in [-0.2, 0) is 29.4 Å². The number of nitrogens with one attached hydrogen (secondary N) is 1. The number of hydrogen-bond acceptors (Lipinski definition) is 7. The van der Waals surface area contributed by atoms with Crippen LogP contribution in [-0.4, -0.2) is 39.1 Å². The van der Waals surface area contributed by atoms with Gasteiger partial charge in [0, 0.05) is 11.9 Å². The third-order valence-electron chi connectivity index (χ3n) is 4.88. The number of aromatic nitrogens is 3. The third kappa shape index (κ3) is 4.35. The second-order valence-corrected chi connectivity index (χ2v) is 9.13. The first-order valence-electron chi connectivity index (χ1n) is 8.99. The normalized spacial score (nSPS) is 17.3. The van der Waals surface area contributed by atoms with Crippen LogP contribution in [0.25, 0.3) is 10.7 Å². The number of imide groups is 1. The topological polar surface area (TPSA) is 86.1 Å². The molecule has 27 heavy (non-hydrogen) atoms. The number of ether oxygens (including phenoxy) is 1. The zero-order chi connectivity index (χ0) is 19.6. The van der Waals surface area contributed by atoms with Crippen LogP contribution in [0, 0.1) is 5.92 Å². The molecule has 1 aliphatic carbocycles. The van der Waals surface area contributed by atoms with Crippen LogP contribution in [0.2, 0.25) is 0 Å². The first kappa shape index (κ1) is 19.9. The number of fused-ring (bicyclic) bond motifs is 1. The Morgan fingerprint density at radius 3 is 2.96 bits per heavy atom. The Labute approximate surface area is 166 Å². The summed E-state index contributed by atoms with van der Waals surface area (Å²) in [5.41, 5.74) is 1.44.